The second-order valence-corrected chi connectivity index (χ2v) is 8.77. The minimum Gasteiger partial charge on any atom is -0.345 e. The Morgan fingerprint density at radius 1 is 1.39 bits per heavy atom. The van der Waals surface area contributed by atoms with Crippen LogP contribution < -0.4 is 10.5 Å². The highest BCUT2D eigenvalue weighted by Crippen LogP contribution is 2.28. The fourth-order valence-corrected chi connectivity index (χ4v) is 3.97. The quantitative estimate of drug-likeness (QED) is 0.475. The van der Waals surface area contributed by atoms with Crippen molar-refractivity contribution in [3.8, 4) is 0 Å². The van der Waals surface area contributed by atoms with E-state index in [1.165, 1.54) is 12.4 Å². The normalized spacial score (nSPS) is 12.9. The van der Waals surface area contributed by atoms with Crippen molar-refractivity contribution in [2.45, 2.75) is 18.7 Å². The molecule has 1 unspecified atom stereocenters. The Labute approximate surface area is 167 Å². The SMILES string of the molecule is CCC(N)S(=O)(=O)Nc1ccc(F)c(C(=O)c2c[nH]c3ncc(Br)cc23)c1F. The van der Waals surface area contributed by atoms with Crippen molar-refractivity contribution in [2.75, 3.05) is 4.72 Å². The van der Waals surface area contributed by atoms with Crippen molar-refractivity contribution in [3.05, 3.63) is 57.8 Å². The Morgan fingerprint density at radius 2 is 2.11 bits per heavy atom. The largest absolute Gasteiger partial charge is 0.345 e. The number of carbonyl (C=O) groups excluding carboxylic acids is 1. The maximum absolute atomic E-state index is 14.9. The molecule has 7 nitrogen and oxygen atoms in total. The van der Waals surface area contributed by atoms with Crippen molar-refractivity contribution < 1.29 is 22.0 Å². The van der Waals surface area contributed by atoms with Gasteiger partial charge in [0.25, 0.3) is 0 Å². The molecule has 0 amide bonds. The summed E-state index contributed by atoms with van der Waals surface area (Å²) in [5, 5.41) is -0.926. The van der Waals surface area contributed by atoms with Crippen molar-refractivity contribution in [1.82, 2.24) is 9.97 Å². The Morgan fingerprint density at radius 3 is 2.79 bits per heavy atom. The first-order valence-corrected chi connectivity index (χ1v) is 10.4. The number of nitrogens with one attached hydrogen (secondary N) is 2. The Kier molecular flexibility index (Phi) is 5.50. The summed E-state index contributed by atoms with van der Waals surface area (Å²) in [6.07, 6.45) is 2.87. The van der Waals surface area contributed by atoms with Crippen molar-refractivity contribution in [1.29, 1.82) is 0 Å². The molecule has 0 aliphatic heterocycles. The lowest BCUT2D eigenvalue weighted by Crippen LogP contribution is -2.35. The lowest BCUT2D eigenvalue weighted by Gasteiger charge is -2.15. The zero-order valence-corrected chi connectivity index (χ0v) is 16.9. The molecule has 0 radical (unpaired) electrons. The predicted octanol–water partition coefficient (Wildman–Crippen LogP) is 3.27. The molecule has 148 valence electrons. The van der Waals surface area contributed by atoms with E-state index in [0.717, 1.165) is 12.1 Å². The number of nitrogens with zero attached hydrogens (tertiary/aromatic N) is 1. The van der Waals surface area contributed by atoms with Gasteiger partial charge in [0.2, 0.25) is 15.8 Å². The van der Waals surface area contributed by atoms with E-state index in [0.29, 0.717) is 15.5 Å². The number of halogens is 3. The number of aromatic amines is 1. The monoisotopic (exact) mass is 472 g/mol. The van der Waals surface area contributed by atoms with Crippen LogP contribution in [0.15, 0.2) is 35.1 Å². The van der Waals surface area contributed by atoms with Crippen LogP contribution in [0.1, 0.15) is 29.3 Å². The van der Waals surface area contributed by atoms with Crippen molar-refractivity contribution in [3.63, 3.8) is 0 Å². The van der Waals surface area contributed by atoms with E-state index in [4.69, 9.17) is 5.73 Å². The van der Waals surface area contributed by atoms with Gasteiger partial charge in [-0.3, -0.25) is 9.52 Å². The van der Waals surface area contributed by atoms with Gasteiger partial charge in [0.1, 0.15) is 16.8 Å². The third kappa shape index (κ3) is 3.64. The van der Waals surface area contributed by atoms with E-state index >= 15 is 0 Å². The van der Waals surface area contributed by atoms with Gasteiger partial charge >= 0.3 is 0 Å². The number of rotatable bonds is 6. The van der Waals surface area contributed by atoms with Gasteiger partial charge in [0.05, 0.1) is 11.3 Å². The number of pyridine rings is 1. The van der Waals surface area contributed by atoms with Gasteiger partial charge in [-0.15, -0.1) is 0 Å². The molecular formula is C17H15BrF2N4O3S. The fourth-order valence-electron chi connectivity index (χ4n) is 2.59. The molecule has 0 fully saturated rings. The number of hydrogen-bond acceptors (Lipinski definition) is 5. The molecule has 0 aliphatic carbocycles. The zero-order chi connectivity index (χ0) is 20.6. The number of fused-ring (bicyclic) bond motifs is 1. The molecule has 0 saturated heterocycles. The molecule has 1 aromatic carbocycles. The van der Waals surface area contributed by atoms with Gasteiger partial charge in [-0.05, 0) is 40.5 Å². The van der Waals surface area contributed by atoms with E-state index in [2.05, 4.69) is 25.9 Å². The van der Waals surface area contributed by atoms with Crippen LogP contribution in [0.25, 0.3) is 11.0 Å². The summed E-state index contributed by atoms with van der Waals surface area (Å²) in [6, 6.07) is 3.29. The molecule has 0 aliphatic rings. The molecule has 2 heterocycles. The minimum atomic E-state index is -4.10. The van der Waals surface area contributed by atoms with Crippen LogP contribution in [0.4, 0.5) is 14.5 Å². The number of aromatic nitrogens is 2. The van der Waals surface area contributed by atoms with Gasteiger partial charge in [-0.2, -0.15) is 0 Å². The Balaban J connectivity index is 2.09. The average Bonchev–Trinajstić information content (AvgIpc) is 3.06. The molecule has 11 heteroatoms. The summed E-state index contributed by atoms with van der Waals surface area (Å²) < 4.78 is 55.9. The molecule has 3 aromatic rings. The summed E-state index contributed by atoms with van der Waals surface area (Å²) in [6.45, 7) is 1.54. The van der Waals surface area contributed by atoms with Crippen LogP contribution in [-0.4, -0.2) is 29.5 Å². The van der Waals surface area contributed by atoms with Crippen LogP contribution in [0.5, 0.6) is 0 Å². The number of sulfonamides is 1. The van der Waals surface area contributed by atoms with Gasteiger partial charge < -0.3 is 10.7 Å². The molecule has 0 bridgehead atoms. The predicted molar refractivity (Wildman–Crippen MR) is 104 cm³/mol. The highest BCUT2D eigenvalue weighted by molar-refractivity contribution is 9.10. The number of carbonyl (C=O) groups is 1. The molecule has 1 atom stereocenters. The Bertz CT molecular complexity index is 1180. The van der Waals surface area contributed by atoms with Crippen LogP contribution in [0.3, 0.4) is 0 Å². The van der Waals surface area contributed by atoms with Crippen LogP contribution >= 0.6 is 15.9 Å². The van der Waals surface area contributed by atoms with Gasteiger partial charge in [0.15, 0.2) is 5.82 Å². The molecule has 0 spiro atoms. The van der Waals surface area contributed by atoms with Crippen molar-refractivity contribution >= 4 is 48.5 Å². The van der Waals surface area contributed by atoms with E-state index in [9.17, 15) is 22.0 Å². The summed E-state index contributed by atoms with van der Waals surface area (Å²) >= 11 is 3.23. The lowest BCUT2D eigenvalue weighted by atomic mass is 10.0. The summed E-state index contributed by atoms with van der Waals surface area (Å²) in [5.74, 6) is -3.40. The van der Waals surface area contributed by atoms with E-state index < -0.39 is 44.1 Å². The van der Waals surface area contributed by atoms with E-state index in [1.807, 2.05) is 4.72 Å². The lowest BCUT2D eigenvalue weighted by molar-refractivity contribution is 0.103. The molecule has 0 saturated carbocycles. The third-order valence-electron chi connectivity index (χ3n) is 4.11. The van der Waals surface area contributed by atoms with Gasteiger partial charge in [-0.25, -0.2) is 22.2 Å². The first-order valence-electron chi connectivity index (χ1n) is 8.08. The maximum atomic E-state index is 14.9. The number of benzene rings is 1. The van der Waals surface area contributed by atoms with Crippen molar-refractivity contribution in [2.24, 2.45) is 5.73 Å². The Hall–Kier alpha value is -2.37. The summed E-state index contributed by atoms with van der Waals surface area (Å²) in [7, 11) is -4.10. The average molecular weight is 473 g/mol. The van der Waals surface area contributed by atoms with E-state index in [1.54, 1.807) is 13.0 Å². The van der Waals surface area contributed by atoms with Crippen LogP contribution in [-0.2, 0) is 10.0 Å². The number of ketones is 1. The first-order chi connectivity index (χ1) is 13.2. The van der Waals surface area contributed by atoms with Gasteiger partial charge in [-0.1, -0.05) is 6.92 Å². The molecule has 3 rings (SSSR count). The molecule has 2 aromatic heterocycles. The number of anilines is 1. The standard InChI is InChI=1S/C17H15BrF2N4O3S/c1-2-13(21)28(26,27)24-12-4-3-11(19)14(15(12)20)16(25)10-7-23-17-9(10)5-8(18)6-22-17/h3-7,13,24H,2,21H2,1H3,(H,22,23). The highest BCUT2D eigenvalue weighted by Gasteiger charge is 2.27. The zero-order valence-electron chi connectivity index (χ0n) is 14.5. The smallest absolute Gasteiger partial charge is 0.248 e. The number of nitrogens with two attached hydrogens (primary N) is 1. The van der Waals surface area contributed by atoms with Crippen LogP contribution in [0.2, 0.25) is 0 Å². The first kappa shape index (κ1) is 20.4. The topological polar surface area (TPSA) is 118 Å². The second kappa shape index (κ2) is 7.57. The fraction of sp³-hybridized carbons (Fsp3) is 0.176. The van der Waals surface area contributed by atoms with E-state index in [-0.39, 0.29) is 12.0 Å². The third-order valence-corrected chi connectivity index (χ3v) is 6.18. The summed E-state index contributed by atoms with van der Waals surface area (Å²) in [4.78, 5) is 19.7. The van der Waals surface area contributed by atoms with Crippen LogP contribution in [0, 0.1) is 11.6 Å². The maximum Gasteiger partial charge on any atom is 0.248 e. The number of hydrogen-bond donors (Lipinski definition) is 3. The second-order valence-electron chi connectivity index (χ2n) is 5.96. The molecular weight excluding hydrogens is 458 g/mol. The highest BCUT2D eigenvalue weighted by atomic mass is 79.9. The summed E-state index contributed by atoms with van der Waals surface area (Å²) in [5.41, 5.74) is 4.41. The molecule has 4 N–H and O–H groups in total. The number of H-pyrrole nitrogens is 1. The van der Waals surface area contributed by atoms with Gasteiger partial charge in [0, 0.05) is 27.8 Å². The minimum absolute atomic E-state index is 0.00753. The molecule has 28 heavy (non-hydrogen) atoms.